The van der Waals surface area contributed by atoms with E-state index < -0.39 is 11.0 Å². The lowest BCUT2D eigenvalue weighted by Crippen LogP contribution is -2.40. The molecule has 0 spiro atoms. The van der Waals surface area contributed by atoms with Gasteiger partial charge in [-0.1, -0.05) is 12.2 Å². The molecule has 4 rings (SSSR count). The number of rotatable bonds is 9. The second kappa shape index (κ2) is 11.9. The zero-order chi connectivity index (χ0) is 24.8. The monoisotopic (exact) mass is 561 g/mol. The highest BCUT2D eigenvalue weighted by atomic mass is 79.9. The van der Waals surface area contributed by atoms with Gasteiger partial charge in [-0.15, -0.1) is 0 Å². The highest BCUT2D eigenvalue weighted by molar-refractivity contribution is 9.10. The largest absolute Gasteiger partial charge is 0.512 e. The molecule has 2 aliphatic rings. The number of nitrogens with zero attached hydrogens (tertiary/aromatic N) is 4. The van der Waals surface area contributed by atoms with Crippen molar-refractivity contribution in [2.45, 2.75) is 30.6 Å². The Morgan fingerprint density at radius 3 is 2.94 bits per heavy atom. The minimum atomic E-state index is -1.32. The van der Waals surface area contributed by atoms with Gasteiger partial charge in [0.2, 0.25) is 0 Å². The van der Waals surface area contributed by atoms with Gasteiger partial charge in [0.1, 0.15) is 22.6 Å². The topological polar surface area (TPSA) is 82.8 Å². The molecule has 0 radical (unpaired) electrons. The fourth-order valence-corrected chi connectivity index (χ4v) is 6.00. The van der Waals surface area contributed by atoms with Crippen LogP contribution >= 0.6 is 15.9 Å². The fraction of sp³-hybridized carbons (Fsp3) is 0.360. The molecule has 35 heavy (non-hydrogen) atoms. The predicted octanol–water partition coefficient (Wildman–Crippen LogP) is 5.35. The van der Waals surface area contributed by atoms with Crippen molar-refractivity contribution in [3.8, 4) is 0 Å². The number of aliphatic hydroxyl groups is 1. The molecule has 3 atom stereocenters. The molecule has 7 nitrogen and oxygen atoms in total. The molecule has 0 amide bonds. The molecule has 1 aromatic carbocycles. The molecule has 1 fully saturated rings. The van der Waals surface area contributed by atoms with Crippen LogP contribution in [0, 0.1) is 17.7 Å². The van der Waals surface area contributed by atoms with Crippen LogP contribution in [0.2, 0.25) is 0 Å². The normalized spacial score (nSPS) is 22.0. The summed E-state index contributed by atoms with van der Waals surface area (Å²) < 4.78 is 30.7. The van der Waals surface area contributed by atoms with E-state index >= 15 is 0 Å². The van der Waals surface area contributed by atoms with Crippen molar-refractivity contribution in [3.63, 3.8) is 0 Å². The third-order valence-electron chi connectivity index (χ3n) is 6.22. The number of hydrogen-bond donors (Lipinski definition) is 2. The van der Waals surface area contributed by atoms with Gasteiger partial charge in [-0.05, 0) is 90.7 Å². The highest BCUT2D eigenvalue weighted by Gasteiger charge is 2.25. The van der Waals surface area contributed by atoms with Crippen molar-refractivity contribution < 1.29 is 13.7 Å². The molecule has 1 aromatic heterocycles. The number of nitrogens with one attached hydrogen (secondary N) is 1. The van der Waals surface area contributed by atoms with Gasteiger partial charge in [0.15, 0.2) is 5.82 Å². The molecule has 2 aromatic rings. The van der Waals surface area contributed by atoms with Crippen molar-refractivity contribution in [2.75, 3.05) is 19.6 Å². The molecule has 1 aliphatic heterocycles. The summed E-state index contributed by atoms with van der Waals surface area (Å²) in [7, 11) is -1.32. The van der Waals surface area contributed by atoms with Crippen LogP contribution in [0.3, 0.4) is 0 Å². The van der Waals surface area contributed by atoms with E-state index in [1.54, 1.807) is 29.1 Å². The Labute approximate surface area is 215 Å². The van der Waals surface area contributed by atoms with E-state index in [1.807, 2.05) is 22.5 Å². The van der Waals surface area contributed by atoms with Crippen LogP contribution in [0.4, 0.5) is 10.2 Å². The SMILES string of the molecule is C=Nc1c(Br)cnn1/C(=C\CC1CC=CC=C1O)NCC1CCCN(S(=O)c2ccc(F)cc2)C1. The highest BCUT2D eigenvalue weighted by Crippen LogP contribution is 2.29. The van der Waals surface area contributed by atoms with Crippen LogP contribution in [0.1, 0.15) is 25.7 Å². The van der Waals surface area contributed by atoms with Crippen LogP contribution in [-0.4, -0.2) is 49.8 Å². The minimum absolute atomic E-state index is 0.0132. The van der Waals surface area contributed by atoms with Gasteiger partial charge < -0.3 is 10.4 Å². The standard InChI is InChI=1S/C25H29BrFN5O2S/c1-28-25-22(26)16-30-32(25)24(13-8-19-6-2-3-7-23(19)33)29-15-18-5-4-14-31(17-18)35(34)21-11-9-20(27)10-12-21/h2-3,7,9-13,16,18-19,29,33H,1,4-6,8,14-15,17H2/b24-13-. The van der Waals surface area contributed by atoms with Crippen molar-refractivity contribution in [1.29, 1.82) is 0 Å². The second-order valence-corrected chi connectivity index (χ2v) is 11.0. The lowest BCUT2D eigenvalue weighted by molar-refractivity contribution is 0.275. The average molecular weight is 563 g/mol. The van der Waals surface area contributed by atoms with Crippen molar-refractivity contribution in [2.24, 2.45) is 16.8 Å². The van der Waals surface area contributed by atoms with Gasteiger partial charge in [-0.2, -0.15) is 9.78 Å². The summed E-state index contributed by atoms with van der Waals surface area (Å²) in [6.45, 7) is 5.72. The maximum atomic E-state index is 13.3. The zero-order valence-electron chi connectivity index (χ0n) is 19.3. The van der Waals surface area contributed by atoms with Crippen LogP contribution in [0.25, 0.3) is 5.82 Å². The molecule has 2 N–H and O–H groups in total. The van der Waals surface area contributed by atoms with Gasteiger partial charge >= 0.3 is 0 Å². The van der Waals surface area contributed by atoms with E-state index in [4.69, 9.17) is 0 Å². The third-order valence-corrected chi connectivity index (χ3v) is 8.26. The maximum Gasteiger partial charge on any atom is 0.171 e. The summed E-state index contributed by atoms with van der Waals surface area (Å²) in [4.78, 5) is 4.72. The molecule has 186 valence electrons. The Bertz CT molecular complexity index is 1160. The lowest BCUT2D eigenvalue weighted by Gasteiger charge is -2.32. The van der Waals surface area contributed by atoms with E-state index in [2.05, 4.69) is 38.1 Å². The van der Waals surface area contributed by atoms with Crippen LogP contribution in [0.15, 0.2) is 74.9 Å². The number of aliphatic hydroxyl groups excluding tert-OH is 1. The molecule has 1 aliphatic carbocycles. The third kappa shape index (κ3) is 6.36. The van der Waals surface area contributed by atoms with Crippen molar-refractivity contribution >= 4 is 45.3 Å². The molecular weight excluding hydrogens is 533 g/mol. The molecule has 10 heteroatoms. The lowest BCUT2D eigenvalue weighted by atomic mass is 9.95. The van der Waals surface area contributed by atoms with Crippen molar-refractivity contribution in [1.82, 2.24) is 19.4 Å². The van der Waals surface area contributed by atoms with Crippen LogP contribution in [-0.2, 0) is 11.0 Å². The molecule has 0 saturated carbocycles. The summed E-state index contributed by atoms with van der Waals surface area (Å²) in [5.41, 5.74) is 0. The fourth-order valence-electron chi connectivity index (χ4n) is 4.30. The quantitative estimate of drug-likeness (QED) is 0.404. The number of benzene rings is 1. The molecule has 2 heterocycles. The van der Waals surface area contributed by atoms with E-state index in [0.717, 1.165) is 36.1 Å². The van der Waals surface area contributed by atoms with E-state index in [-0.39, 0.29) is 17.7 Å². The van der Waals surface area contributed by atoms with Gasteiger partial charge in [0, 0.05) is 25.6 Å². The van der Waals surface area contributed by atoms with Crippen LogP contribution in [0.5, 0.6) is 0 Å². The predicted molar refractivity (Wildman–Crippen MR) is 141 cm³/mol. The summed E-state index contributed by atoms with van der Waals surface area (Å²) in [5, 5.41) is 18.2. The number of aromatic nitrogens is 2. The molecule has 1 saturated heterocycles. The first kappa shape index (κ1) is 25.5. The number of piperidine rings is 1. The maximum absolute atomic E-state index is 13.3. The molecule has 0 bridgehead atoms. The Kier molecular flexibility index (Phi) is 8.69. The number of allylic oxidation sites excluding steroid dienone is 5. The number of halogens is 2. The Morgan fingerprint density at radius 1 is 1.40 bits per heavy atom. The van der Waals surface area contributed by atoms with Crippen molar-refractivity contribution in [3.05, 3.63) is 70.8 Å². The van der Waals surface area contributed by atoms with E-state index in [9.17, 15) is 13.7 Å². The average Bonchev–Trinajstić information content (AvgIpc) is 3.25. The number of hydrogen-bond acceptors (Lipinski definition) is 5. The van der Waals surface area contributed by atoms with Gasteiger partial charge in [0.25, 0.3) is 0 Å². The first-order valence-electron chi connectivity index (χ1n) is 11.6. The first-order chi connectivity index (χ1) is 17.0. The van der Waals surface area contributed by atoms with E-state index in [0.29, 0.717) is 36.0 Å². The van der Waals surface area contributed by atoms with Gasteiger partial charge in [0.05, 0.1) is 21.3 Å². The summed E-state index contributed by atoms with van der Waals surface area (Å²) >= 11 is 3.47. The molecule has 3 unspecified atom stereocenters. The van der Waals surface area contributed by atoms with E-state index in [1.165, 1.54) is 12.1 Å². The smallest absolute Gasteiger partial charge is 0.171 e. The Morgan fingerprint density at radius 2 is 2.20 bits per heavy atom. The summed E-state index contributed by atoms with van der Waals surface area (Å²) in [6.07, 6.45) is 12.7. The van der Waals surface area contributed by atoms with Gasteiger partial charge in [-0.25, -0.2) is 17.9 Å². The van der Waals surface area contributed by atoms with Gasteiger partial charge in [-0.3, -0.25) is 0 Å². The summed E-state index contributed by atoms with van der Waals surface area (Å²) in [6, 6.07) is 5.85. The number of aliphatic imine (C=N–C) groups is 1. The van der Waals surface area contributed by atoms with Crippen LogP contribution < -0.4 is 5.32 Å². The zero-order valence-corrected chi connectivity index (χ0v) is 21.7. The second-order valence-electron chi connectivity index (χ2n) is 8.64. The first-order valence-corrected chi connectivity index (χ1v) is 13.5. The Balaban J connectivity index is 1.45. The minimum Gasteiger partial charge on any atom is -0.512 e. The molecular formula is C25H29BrFN5O2S. The Hall–Kier alpha value is -2.56. The summed E-state index contributed by atoms with van der Waals surface area (Å²) in [5.74, 6) is 1.67.